The van der Waals surface area contributed by atoms with Crippen molar-refractivity contribution in [2.75, 3.05) is 36.5 Å². The van der Waals surface area contributed by atoms with Crippen molar-refractivity contribution in [1.82, 2.24) is 9.97 Å². The fourth-order valence-corrected chi connectivity index (χ4v) is 4.14. The monoisotopic (exact) mass is 378 g/mol. The van der Waals surface area contributed by atoms with Crippen LogP contribution in [0.3, 0.4) is 0 Å². The van der Waals surface area contributed by atoms with Gasteiger partial charge in [-0.15, -0.1) is 11.3 Å². The topological polar surface area (TPSA) is 50.3 Å². The average Bonchev–Trinajstić information content (AvgIpc) is 3.43. The molecule has 0 bridgehead atoms. The second-order valence-electron chi connectivity index (χ2n) is 7.01. The van der Waals surface area contributed by atoms with Crippen molar-refractivity contribution in [3.63, 3.8) is 0 Å². The zero-order chi connectivity index (χ0) is 18.1. The molecule has 0 amide bonds. The number of morpholine rings is 1. The Hall–Kier alpha value is -2.44. The lowest BCUT2D eigenvalue weighted by Crippen LogP contribution is -2.36. The quantitative estimate of drug-likeness (QED) is 0.718. The Balaban J connectivity index is 1.42. The number of rotatable bonds is 5. The van der Waals surface area contributed by atoms with E-state index in [4.69, 9.17) is 14.7 Å². The van der Waals surface area contributed by atoms with Crippen LogP contribution in [0, 0.1) is 0 Å². The van der Waals surface area contributed by atoms with Gasteiger partial charge in [0.05, 0.1) is 18.9 Å². The Labute approximate surface area is 163 Å². The fraction of sp³-hybridized carbons (Fsp3) is 0.333. The van der Waals surface area contributed by atoms with Crippen molar-refractivity contribution in [2.45, 2.75) is 18.9 Å². The second-order valence-corrected chi connectivity index (χ2v) is 7.86. The van der Waals surface area contributed by atoms with E-state index < -0.39 is 0 Å². The number of pyridine rings is 1. The molecule has 5 nitrogen and oxygen atoms in total. The molecule has 0 unspecified atom stereocenters. The van der Waals surface area contributed by atoms with Crippen molar-refractivity contribution >= 4 is 22.3 Å². The lowest BCUT2D eigenvalue weighted by Gasteiger charge is -2.27. The van der Waals surface area contributed by atoms with Gasteiger partial charge in [-0.25, -0.2) is 9.97 Å². The number of benzene rings is 1. The van der Waals surface area contributed by atoms with Crippen LogP contribution in [-0.4, -0.2) is 42.3 Å². The van der Waals surface area contributed by atoms with Crippen LogP contribution >= 0.6 is 11.3 Å². The molecule has 1 saturated carbocycles. The first kappa shape index (κ1) is 16.7. The smallest absolute Gasteiger partial charge is 0.183 e. The van der Waals surface area contributed by atoms with Gasteiger partial charge in [-0.05, 0) is 30.5 Å². The van der Waals surface area contributed by atoms with Crippen LogP contribution < -0.4 is 10.2 Å². The maximum Gasteiger partial charge on any atom is 0.183 e. The van der Waals surface area contributed by atoms with Gasteiger partial charge in [-0.3, -0.25) is 0 Å². The molecule has 27 heavy (non-hydrogen) atoms. The van der Waals surface area contributed by atoms with E-state index in [-0.39, 0.29) is 0 Å². The Kier molecular flexibility index (Phi) is 4.51. The minimum atomic E-state index is 0.621. The summed E-state index contributed by atoms with van der Waals surface area (Å²) >= 11 is 1.68. The second kappa shape index (κ2) is 7.29. The van der Waals surface area contributed by atoms with Crippen LogP contribution in [0.5, 0.6) is 0 Å². The van der Waals surface area contributed by atoms with E-state index in [0.29, 0.717) is 6.04 Å². The van der Waals surface area contributed by atoms with Gasteiger partial charge in [-0.1, -0.05) is 24.3 Å². The van der Waals surface area contributed by atoms with Crippen molar-refractivity contribution < 1.29 is 4.74 Å². The van der Waals surface area contributed by atoms with E-state index in [9.17, 15) is 0 Å². The van der Waals surface area contributed by atoms with Gasteiger partial charge in [0.2, 0.25) is 0 Å². The minimum absolute atomic E-state index is 0.621. The number of hydrogen-bond donors (Lipinski definition) is 1. The predicted octanol–water partition coefficient (Wildman–Crippen LogP) is 4.28. The van der Waals surface area contributed by atoms with Crippen molar-refractivity contribution in [3.05, 3.63) is 48.0 Å². The number of nitrogens with zero attached hydrogens (tertiary/aromatic N) is 3. The molecule has 3 heterocycles. The summed E-state index contributed by atoms with van der Waals surface area (Å²) in [7, 11) is 0. The molecule has 1 aliphatic carbocycles. The fourth-order valence-electron chi connectivity index (χ4n) is 3.35. The van der Waals surface area contributed by atoms with Gasteiger partial charge in [0.1, 0.15) is 5.82 Å². The lowest BCUT2D eigenvalue weighted by atomic mass is 9.99. The molecule has 1 N–H and O–H groups in total. The highest BCUT2D eigenvalue weighted by molar-refractivity contribution is 7.14. The van der Waals surface area contributed by atoms with E-state index >= 15 is 0 Å². The average molecular weight is 379 g/mol. The Morgan fingerprint density at radius 2 is 1.85 bits per heavy atom. The first-order chi connectivity index (χ1) is 13.4. The molecule has 6 heteroatoms. The molecule has 1 aliphatic heterocycles. The standard InChI is InChI=1S/C21H22N4OS/c1-2-4-18(19-14-27-21(24-19)23-16-6-7-16)17(3-1)15-5-8-20(22-13-15)25-9-11-26-12-10-25/h1-5,8,13-14,16H,6-7,9-12H2,(H,23,24). The highest BCUT2D eigenvalue weighted by atomic mass is 32.1. The van der Waals surface area contributed by atoms with Crippen LogP contribution in [0.2, 0.25) is 0 Å². The molecule has 2 aliphatic rings. The maximum absolute atomic E-state index is 5.43. The summed E-state index contributed by atoms with van der Waals surface area (Å²) in [6.45, 7) is 3.34. The summed E-state index contributed by atoms with van der Waals surface area (Å²) in [4.78, 5) is 11.8. The third-order valence-corrected chi connectivity index (χ3v) is 5.78. The minimum Gasteiger partial charge on any atom is -0.378 e. The Bertz CT molecular complexity index is 914. The normalized spacial score (nSPS) is 17.1. The molecule has 1 saturated heterocycles. The van der Waals surface area contributed by atoms with E-state index in [1.54, 1.807) is 11.3 Å². The molecule has 0 spiro atoms. The summed E-state index contributed by atoms with van der Waals surface area (Å²) in [5.41, 5.74) is 4.46. The zero-order valence-corrected chi connectivity index (χ0v) is 15.9. The number of nitrogens with one attached hydrogen (secondary N) is 1. The maximum atomic E-state index is 5.43. The van der Waals surface area contributed by atoms with Crippen LogP contribution in [0.1, 0.15) is 12.8 Å². The van der Waals surface area contributed by atoms with E-state index in [2.05, 4.69) is 52.0 Å². The number of anilines is 2. The highest BCUT2D eigenvalue weighted by Crippen LogP contribution is 2.35. The van der Waals surface area contributed by atoms with Crippen LogP contribution in [0.25, 0.3) is 22.4 Å². The summed E-state index contributed by atoms with van der Waals surface area (Å²) in [6, 6.07) is 13.3. The first-order valence-corrected chi connectivity index (χ1v) is 10.4. The number of ether oxygens (including phenoxy) is 1. The Morgan fingerprint density at radius 1 is 1.04 bits per heavy atom. The van der Waals surface area contributed by atoms with Crippen LogP contribution in [0.15, 0.2) is 48.0 Å². The predicted molar refractivity (Wildman–Crippen MR) is 110 cm³/mol. The zero-order valence-electron chi connectivity index (χ0n) is 15.1. The third kappa shape index (κ3) is 3.68. The van der Waals surface area contributed by atoms with Gasteiger partial charge in [0.15, 0.2) is 5.13 Å². The molecule has 2 fully saturated rings. The lowest BCUT2D eigenvalue weighted by molar-refractivity contribution is 0.122. The molecule has 1 aromatic carbocycles. The molecular weight excluding hydrogens is 356 g/mol. The van der Waals surface area contributed by atoms with Crippen molar-refractivity contribution in [1.29, 1.82) is 0 Å². The molecule has 0 atom stereocenters. The van der Waals surface area contributed by atoms with Gasteiger partial charge in [-0.2, -0.15) is 0 Å². The molecule has 5 rings (SSSR count). The van der Waals surface area contributed by atoms with E-state index in [1.165, 1.54) is 18.4 Å². The van der Waals surface area contributed by atoms with E-state index in [1.807, 2.05) is 6.20 Å². The van der Waals surface area contributed by atoms with Crippen molar-refractivity contribution in [3.8, 4) is 22.4 Å². The number of thiazole rings is 1. The van der Waals surface area contributed by atoms with Gasteiger partial charge >= 0.3 is 0 Å². The Morgan fingerprint density at radius 3 is 2.59 bits per heavy atom. The summed E-state index contributed by atoms with van der Waals surface area (Å²) in [5.74, 6) is 1.02. The molecule has 138 valence electrons. The van der Waals surface area contributed by atoms with Gasteiger partial charge in [0, 0.05) is 41.8 Å². The number of aromatic nitrogens is 2. The highest BCUT2D eigenvalue weighted by Gasteiger charge is 2.22. The van der Waals surface area contributed by atoms with Crippen LogP contribution in [0.4, 0.5) is 10.9 Å². The molecule has 0 radical (unpaired) electrons. The first-order valence-electron chi connectivity index (χ1n) is 9.47. The summed E-state index contributed by atoms with van der Waals surface area (Å²) in [5, 5.41) is 6.64. The van der Waals surface area contributed by atoms with Gasteiger partial charge < -0.3 is 15.0 Å². The van der Waals surface area contributed by atoms with Gasteiger partial charge in [0.25, 0.3) is 0 Å². The van der Waals surface area contributed by atoms with E-state index in [0.717, 1.165) is 54.1 Å². The van der Waals surface area contributed by atoms with Crippen LogP contribution in [-0.2, 0) is 4.74 Å². The third-order valence-electron chi connectivity index (χ3n) is 5.01. The SMILES string of the molecule is c1ccc(-c2csc(NC3CC3)n2)c(-c2ccc(N3CCOCC3)nc2)c1. The number of hydrogen-bond acceptors (Lipinski definition) is 6. The molecular formula is C21H22N4OS. The molecule has 3 aromatic rings. The van der Waals surface area contributed by atoms with Crippen molar-refractivity contribution in [2.24, 2.45) is 0 Å². The largest absolute Gasteiger partial charge is 0.378 e. The molecule has 2 aromatic heterocycles. The summed E-state index contributed by atoms with van der Waals surface area (Å²) in [6.07, 6.45) is 4.48. The summed E-state index contributed by atoms with van der Waals surface area (Å²) < 4.78 is 5.43.